The zero-order valence-corrected chi connectivity index (χ0v) is 13.3. The third-order valence-corrected chi connectivity index (χ3v) is 4.98. The number of hydrogen-bond acceptors (Lipinski definition) is 3. The van der Waals surface area contributed by atoms with Gasteiger partial charge < -0.3 is 15.0 Å². The number of nitrogens with one attached hydrogen (secondary N) is 1. The Bertz CT molecular complexity index is 431. The van der Waals surface area contributed by atoms with Gasteiger partial charge in [-0.3, -0.25) is 9.59 Å². The molecule has 1 aliphatic carbocycles. The van der Waals surface area contributed by atoms with Crippen molar-refractivity contribution < 1.29 is 14.3 Å². The van der Waals surface area contributed by atoms with E-state index < -0.39 is 5.54 Å². The van der Waals surface area contributed by atoms with Crippen LogP contribution in [0.5, 0.6) is 0 Å². The highest BCUT2D eigenvalue weighted by atomic mass is 16.5. The molecule has 0 radical (unpaired) electrons. The van der Waals surface area contributed by atoms with E-state index in [1.165, 1.54) is 0 Å². The lowest BCUT2D eigenvalue weighted by Crippen LogP contribution is -2.75. The van der Waals surface area contributed by atoms with Gasteiger partial charge in [-0.1, -0.05) is 20.8 Å². The molecular weight excluding hydrogens is 256 g/mol. The summed E-state index contributed by atoms with van der Waals surface area (Å²) in [7, 11) is 1.70. The third kappa shape index (κ3) is 2.03. The lowest BCUT2D eigenvalue weighted by molar-refractivity contribution is -0.182. The van der Waals surface area contributed by atoms with Crippen molar-refractivity contribution in [2.24, 2.45) is 5.41 Å². The van der Waals surface area contributed by atoms with E-state index in [2.05, 4.69) is 19.2 Å². The second kappa shape index (κ2) is 4.72. The van der Waals surface area contributed by atoms with E-state index >= 15 is 0 Å². The molecule has 0 aromatic rings. The van der Waals surface area contributed by atoms with Crippen LogP contribution in [0.3, 0.4) is 0 Å². The molecule has 3 unspecified atom stereocenters. The van der Waals surface area contributed by atoms with Gasteiger partial charge in [0.25, 0.3) is 0 Å². The highest BCUT2D eigenvalue weighted by Crippen LogP contribution is 2.47. The summed E-state index contributed by atoms with van der Waals surface area (Å²) >= 11 is 0. The number of ether oxygens (including phenoxy) is 1. The maximum Gasteiger partial charge on any atom is 0.248 e. The van der Waals surface area contributed by atoms with Crippen LogP contribution in [0.2, 0.25) is 0 Å². The zero-order valence-electron chi connectivity index (χ0n) is 13.3. The number of carbonyl (C=O) groups excluding carboxylic acids is 2. The van der Waals surface area contributed by atoms with E-state index in [0.29, 0.717) is 6.42 Å². The van der Waals surface area contributed by atoms with Crippen LogP contribution in [0.25, 0.3) is 0 Å². The number of amides is 2. The minimum atomic E-state index is -0.822. The summed E-state index contributed by atoms with van der Waals surface area (Å²) in [6.07, 6.45) is 1.58. The molecule has 20 heavy (non-hydrogen) atoms. The molecule has 0 bridgehead atoms. The molecule has 0 spiro atoms. The number of methoxy groups -OCH3 is 1. The molecule has 1 saturated heterocycles. The first-order chi connectivity index (χ1) is 9.16. The molecule has 2 amide bonds. The zero-order chi connectivity index (χ0) is 15.3. The molecular formula is C15H26N2O3. The summed E-state index contributed by atoms with van der Waals surface area (Å²) in [5.41, 5.74) is -0.942. The van der Waals surface area contributed by atoms with Crippen molar-refractivity contribution in [2.45, 2.75) is 71.2 Å². The van der Waals surface area contributed by atoms with E-state index in [9.17, 15) is 9.59 Å². The lowest BCUT2D eigenvalue weighted by atomic mass is 9.63. The maximum atomic E-state index is 12.7. The molecule has 5 heteroatoms. The monoisotopic (exact) mass is 282 g/mol. The van der Waals surface area contributed by atoms with Gasteiger partial charge in [-0.25, -0.2) is 0 Å². The minimum absolute atomic E-state index is 0.0107. The van der Waals surface area contributed by atoms with Gasteiger partial charge in [0.05, 0.1) is 6.10 Å². The Balaban J connectivity index is 2.32. The largest absolute Gasteiger partial charge is 0.381 e. The Hall–Kier alpha value is -1.10. The van der Waals surface area contributed by atoms with Crippen LogP contribution in [0, 0.1) is 5.41 Å². The Labute approximate surface area is 121 Å². The maximum absolute atomic E-state index is 12.7. The van der Waals surface area contributed by atoms with E-state index in [1.807, 2.05) is 11.8 Å². The van der Waals surface area contributed by atoms with Crippen LogP contribution < -0.4 is 5.32 Å². The third-order valence-electron chi connectivity index (χ3n) is 4.98. The highest BCUT2D eigenvalue weighted by molar-refractivity contribution is 5.99. The van der Waals surface area contributed by atoms with Gasteiger partial charge in [0.2, 0.25) is 11.8 Å². The van der Waals surface area contributed by atoms with Crippen LogP contribution in [0.15, 0.2) is 0 Å². The number of nitrogens with zero attached hydrogens (tertiary/aromatic N) is 1. The highest BCUT2D eigenvalue weighted by Gasteiger charge is 2.57. The van der Waals surface area contributed by atoms with Gasteiger partial charge in [-0.15, -0.1) is 0 Å². The molecule has 3 atom stereocenters. The SMILES string of the molecule is CCC1C(=O)NC(C)(C)C(=O)N1C1CC(OC)C1(C)C. The Morgan fingerprint density at radius 2 is 1.90 bits per heavy atom. The van der Waals surface area contributed by atoms with E-state index in [-0.39, 0.29) is 35.4 Å². The van der Waals surface area contributed by atoms with Gasteiger partial charge in [0.15, 0.2) is 0 Å². The Kier molecular flexibility index (Phi) is 3.61. The molecule has 2 rings (SSSR count). The van der Waals surface area contributed by atoms with Crippen molar-refractivity contribution in [2.75, 3.05) is 7.11 Å². The Morgan fingerprint density at radius 3 is 2.35 bits per heavy atom. The van der Waals surface area contributed by atoms with Crippen molar-refractivity contribution in [3.05, 3.63) is 0 Å². The molecule has 114 valence electrons. The molecule has 1 saturated carbocycles. The average Bonchev–Trinajstić information content (AvgIpc) is 2.34. The number of piperazine rings is 1. The van der Waals surface area contributed by atoms with Gasteiger partial charge in [-0.05, 0) is 26.7 Å². The van der Waals surface area contributed by atoms with Crippen molar-refractivity contribution in [3.63, 3.8) is 0 Å². The minimum Gasteiger partial charge on any atom is -0.381 e. The smallest absolute Gasteiger partial charge is 0.248 e. The predicted octanol–water partition coefficient (Wildman–Crippen LogP) is 1.32. The summed E-state index contributed by atoms with van der Waals surface area (Å²) in [5, 5.41) is 2.83. The normalized spacial score (nSPS) is 35.5. The lowest BCUT2D eigenvalue weighted by Gasteiger charge is -2.59. The van der Waals surface area contributed by atoms with Crippen molar-refractivity contribution in [1.82, 2.24) is 10.2 Å². The van der Waals surface area contributed by atoms with Crippen LogP contribution in [-0.4, -0.2) is 47.6 Å². The first-order valence-electron chi connectivity index (χ1n) is 7.34. The van der Waals surface area contributed by atoms with Gasteiger partial charge >= 0.3 is 0 Å². The topological polar surface area (TPSA) is 58.6 Å². The molecule has 5 nitrogen and oxygen atoms in total. The van der Waals surface area contributed by atoms with Gasteiger partial charge in [0, 0.05) is 18.6 Å². The second-order valence-electron chi connectivity index (χ2n) is 7.05. The standard InChI is InChI=1S/C15H26N2O3/c1-7-9-12(18)16-15(4,5)13(19)17(9)10-8-11(20-6)14(10,2)3/h9-11H,7-8H2,1-6H3,(H,16,18). The van der Waals surface area contributed by atoms with E-state index in [1.54, 1.807) is 21.0 Å². The summed E-state index contributed by atoms with van der Waals surface area (Å²) in [6, 6.07) is -0.298. The summed E-state index contributed by atoms with van der Waals surface area (Å²) in [4.78, 5) is 26.8. The van der Waals surface area contributed by atoms with Crippen LogP contribution in [0.1, 0.15) is 47.5 Å². The fourth-order valence-corrected chi connectivity index (χ4v) is 3.51. The molecule has 1 N–H and O–H groups in total. The van der Waals surface area contributed by atoms with Crippen LogP contribution >= 0.6 is 0 Å². The van der Waals surface area contributed by atoms with Gasteiger partial charge in [0.1, 0.15) is 11.6 Å². The van der Waals surface area contributed by atoms with Gasteiger partial charge in [-0.2, -0.15) is 0 Å². The van der Waals surface area contributed by atoms with Crippen molar-refractivity contribution >= 4 is 11.8 Å². The van der Waals surface area contributed by atoms with E-state index in [0.717, 1.165) is 6.42 Å². The van der Waals surface area contributed by atoms with Crippen molar-refractivity contribution in [1.29, 1.82) is 0 Å². The first kappa shape index (κ1) is 15.3. The summed E-state index contributed by atoms with van der Waals surface area (Å²) in [5.74, 6) is -0.0367. The molecule has 1 heterocycles. The summed E-state index contributed by atoms with van der Waals surface area (Å²) < 4.78 is 5.47. The number of rotatable bonds is 3. The number of hydrogen-bond donors (Lipinski definition) is 1. The fourth-order valence-electron chi connectivity index (χ4n) is 3.51. The first-order valence-corrected chi connectivity index (χ1v) is 7.34. The molecule has 2 fully saturated rings. The van der Waals surface area contributed by atoms with Crippen LogP contribution in [-0.2, 0) is 14.3 Å². The van der Waals surface area contributed by atoms with Crippen LogP contribution in [0.4, 0.5) is 0 Å². The summed E-state index contributed by atoms with van der Waals surface area (Å²) in [6.45, 7) is 9.70. The molecule has 1 aliphatic heterocycles. The molecule has 0 aromatic carbocycles. The number of carbonyl (C=O) groups is 2. The Morgan fingerprint density at radius 1 is 1.30 bits per heavy atom. The molecule has 2 aliphatic rings. The van der Waals surface area contributed by atoms with Crippen molar-refractivity contribution in [3.8, 4) is 0 Å². The predicted molar refractivity (Wildman–Crippen MR) is 76.1 cm³/mol. The fraction of sp³-hybridized carbons (Fsp3) is 0.867. The quantitative estimate of drug-likeness (QED) is 0.849. The molecule has 0 aromatic heterocycles. The van der Waals surface area contributed by atoms with E-state index in [4.69, 9.17) is 4.74 Å². The second-order valence-corrected chi connectivity index (χ2v) is 7.05. The average molecular weight is 282 g/mol.